The van der Waals surface area contributed by atoms with Crippen molar-refractivity contribution >= 4 is 38.6 Å². The van der Waals surface area contributed by atoms with E-state index in [2.05, 4.69) is 49.7 Å². The molecule has 1 heterocycles. The highest BCUT2D eigenvalue weighted by molar-refractivity contribution is 9.10. The summed E-state index contributed by atoms with van der Waals surface area (Å²) in [7, 11) is 4.05. The fourth-order valence-corrected chi connectivity index (χ4v) is 4.74. The van der Waals surface area contributed by atoms with E-state index >= 15 is 0 Å². The molecule has 1 aliphatic carbocycles. The Hall–Kier alpha value is -2.38. The fraction of sp³-hybridized carbons (Fsp3) is 0.440. The molecule has 2 N–H and O–H groups in total. The third-order valence-corrected chi connectivity index (χ3v) is 6.46. The van der Waals surface area contributed by atoms with Gasteiger partial charge in [-0.3, -0.25) is 0 Å². The van der Waals surface area contributed by atoms with E-state index in [0.717, 1.165) is 65.1 Å². The molecule has 0 atom stereocenters. The Morgan fingerprint density at radius 2 is 1.78 bits per heavy atom. The van der Waals surface area contributed by atoms with Crippen molar-refractivity contribution in [1.29, 1.82) is 0 Å². The largest absolute Gasteiger partial charge is 0.494 e. The molecule has 1 aliphatic rings. The Bertz CT molecular complexity index is 1050. The lowest BCUT2D eigenvalue weighted by molar-refractivity contribution is 0.327. The zero-order valence-electron chi connectivity index (χ0n) is 19.1. The number of aromatic nitrogens is 2. The molecule has 3 aromatic rings. The van der Waals surface area contributed by atoms with Crippen LogP contribution in [0.3, 0.4) is 0 Å². The van der Waals surface area contributed by atoms with Crippen molar-refractivity contribution in [3.63, 3.8) is 0 Å². The van der Waals surface area contributed by atoms with Crippen molar-refractivity contribution in [2.75, 3.05) is 30.9 Å². The number of hydrogen-bond donors (Lipinski definition) is 2. The van der Waals surface area contributed by atoms with Crippen LogP contribution in [0.5, 0.6) is 5.75 Å². The van der Waals surface area contributed by atoms with E-state index in [9.17, 15) is 0 Å². The minimum absolute atomic E-state index is 0.397. The lowest BCUT2D eigenvalue weighted by Gasteiger charge is -2.30. The van der Waals surface area contributed by atoms with Gasteiger partial charge in [-0.05, 0) is 62.9 Å². The van der Waals surface area contributed by atoms with Gasteiger partial charge in [-0.2, -0.15) is 4.98 Å². The molecule has 32 heavy (non-hydrogen) atoms. The third kappa shape index (κ3) is 5.51. The molecule has 0 amide bonds. The Morgan fingerprint density at radius 3 is 2.53 bits per heavy atom. The van der Waals surface area contributed by atoms with Gasteiger partial charge in [-0.25, -0.2) is 4.98 Å². The van der Waals surface area contributed by atoms with Gasteiger partial charge in [0.25, 0.3) is 0 Å². The van der Waals surface area contributed by atoms with Crippen LogP contribution in [0.4, 0.5) is 11.8 Å². The molecule has 0 radical (unpaired) electrons. The Labute approximate surface area is 198 Å². The van der Waals surface area contributed by atoms with E-state index in [1.54, 1.807) is 0 Å². The first-order valence-corrected chi connectivity index (χ1v) is 12.2. The van der Waals surface area contributed by atoms with Crippen molar-refractivity contribution in [2.24, 2.45) is 0 Å². The van der Waals surface area contributed by atoms with E-state index in [4.69, 9.17) is 14.7 Å². The predicted molar refractivity (Wildman–Crippen MR) is 136 cm³/mol. The van der Waals surface area contributed by atoms with Crippen LogP contribution in [-0.4, -0.2) is 42.8 Å². The molecule has 4 rings (SSSR count). The van der Waals surface area contributed by atoms with Crippen LogP contribution in [0.2, 0.25) is 0 Å². The summed E-state index contributed by atoms with van der Waals surface area (Å²) in [5.74, 6) is 2.63. The Kier molecular flexibility index (Phi) is 7.48. The van der Waals surface area contributed by atoms with E-state index in [0.29, 0.717) is 18.7 Å². The molecular weight excluding hydrogens is 466 g/mol. The van der Waals surface area contributed by atoms with Gasteiger partial charge in [0.2, 0.25) is 5.95 Å². The van der Waals surface area contributed by atoms with Gasteiger partial charge >= 0.3 is 0 Å². The summed E-state index contributed by atoms with van der Waals surface area (Å²) in [6.45, 7) is 3.52. The predicted octanol–water partition coefficient (Wildman–Crippen LogP) is 5.37. The van der Waals surface area contributed by atoms with Gasteiger partial charge in [0.05, 0.1) is 12.1 Å². The second-order valence-corrected chi connectivity index (χ2v) is 9.46. The minimum atomic E-state index is 0.397. The number of halogens is 1. The number of rotatable bonds is 8. The summed E-state index contributed by atoms with van der Waals surface area (Å²) in [5.41, 5.74) is 2.17. The standard InChI is InChI=1S/C25H32BrN5O/c1-4-32-23-14-9-18(26)15-17(23)16-27-19-10-12-20(13-11-19)28-25-29-22-8-6-5-7-21(22)24(30-25)31(2)3/h5-9,14-15,19-20,27H,4,10-13,16H2,1-3H3,(H,28,29,30)/t19-,20+. The molecule has 0 saturated heterocycles. The molecule has 0 unspecified atom stereocenters. The van der Waals surface area contributed by atoms with Gasteiger partial charge < -0.3 is 20.3 Å². The first kappa shape index (κ1) is 22.8. The number of para-hydroxylation sites is 1. The van der Waals surface area contributed by atoms with Gasteiger partial charge in [-0.1, -0.05) is 28.1 Å². The molecule has 0 aliphatic heterocycles. The number of nitrogens with one attached hydrogen (secondary N) is 2. The van der Waals surface area contributed by atoms with Crippen LogP contribution in [-0.2, 0) is 6.54 Å². The number of hydrogen-bond acceptors (Lipinski definition) is 6. The molecule has 1 fully saturated rings. The maximum Gasteiger partial charge on any atom is 0.225 e. The van der Waals surface area contributed by atoms with E-state index < -0.39 is 0 Å². The summed E-state index contributed by atoms with van der Waals surface area (Å²) in [5, 5.41) is 8.40. The molecule has 6 nitrogen and oxygen atoms in total. The van der Waals surface area contributed by atoms with Crippen molar-refractivity contribution in [2.45, 2.75) is 51.2 Å². The van der Waals surface area contributed by atoms with Crippen LogP contribution >= 0.6 is 15.9 Å². The highest BCUT2D eigenvalue weighted by Crippen LogP contribution is 2.27. The fourth-order valence-electron chi connectivity index (χ4n) is 4.33. The van der Waals surface area contributed by atoms with Crippen LogP contribution in [0.25, 0.3) is 10.9 Å². The normalized spacial score (nSPS) is 18.5. The molecule has 7 heteroatoms. The molecule has 170 valence electrons. The molecule has 2 aromatic carbocycles. The second-order valence-electron chi connectivity index (χ2n) is 8.54. The SMILES string of the molecule is CCOc1ccc(Br)cc1CN[C@H]1CC[C@@H](Nc2nc(N(C)C)c3ccccc3n2)CC1. The molecule has 0 spiro atoms. The van der Waals surface area contributed by atoms with Crippen molar-refractivity contribution < 1.29 is 4.74 Å². The Morgan fingerprint density at radius 1 is 1.03 bits per heavy atom. The maximum absolute atomic E-state index is 5.78. The molecule has 1 aromatic heterocycles. The van der Waals surface area contributed by atoms with Gasteiger partial charge in [0, 0.05) is 48.1 Å². The van der Waals surface area contributed by atoms with Crippen molar-refractivity contribution in [1.82, 2.24) is 15.3 Å². The highest BCUT2D eigenvalue weighted by Gasteiger charge is 2.22. The zero-order valence-corrected chi connectivity index (χ0v) is 20.7. The number of anilines is 2. The number of fused-ring (bicyclic) bond motifs is 1. The molecule has 0 bridgehead atoms. The zero-order chi connectivity index (χ0) is 22.5. The minimum Gasteiger partial charge on any atom is -0.494 e. The molecule has 1 saturated carbocycles. The quantitative estimate of drug-likeness (QED) is 0.436. The van der Waals surface area contributed by atoms with Crippen LogP contribution in [0.1, 0.15) is 38.2 Å². The van der Waals surface area contributed by atoms with Crippen LogP contribution < -0.4 is 20.3 Å². The Balaban J connectivity index is 1.34. The maximum atomic E-state index is 5.78. The van der Waals surface area contributed by atoms with Gasteiger partial charge in [0.1, 0.15) is 11.6 Å². The lowest BCUT2D eigenvalue weighted by Crippen LogP contribution is -2.37. The smallest absolute Gasteiger partial charge is 0.225 e. The topological polar surface area (TPSA) is 62.3 Å². The number of ether oxygens (including phenoxy) is 1. The monoisotopic (exact) mass is 497 g/mol. The summed E-state index contributed by atoms with van der Waals surface area (Å²) in [4.78, 5) is 11.6. The number of benzene rings is 2. The second kappa shape index (κ2) is 10.5. The van der Waals surface area contributed by atoms with E-state index in [1.165, 1.54) is 5.56 Å². The van der Waals surface area contributed by atoms with Crippen molar-refractivity contribution in [3.05, 3.63) is 52.5 Å². The molecular formula is C25H32BrN5O. The summed E-state index contributed by atoms with van der Waals surface area (Å²) >= 11 is 3.58. The van der Waals surface area contributed by atoms with Gasteiger partial charge in [-0.15, -0.1) is 0 Å². The first-order valence-electron chi connectivity index (χ1n) is 11.4. The number of nitrogens with zero attached hydrogens (tertiary/aromatic N) is 3. The van der Waals surface area contributed by atoms with E-state index in [-0.39, 0.29) is 0 Å². The third-order valence-electron chi connectivity index (χ3n) is 5.97. The van der Waals surface area contributed by atoms with E-state index in [1.807, 2.05) is 45.3 Å². The first-order chi connectivity index (χ1) is 15.5. The average Bonchev–Trinajstić information content (AvgIpc) is 2.79. The van der Waals surface area contributed by atoms with Crippen LogP contribution in [0, 0.1) is 0 Å². The van der Waals surface area contributed by atoms with Crippen molar-refractivity contribution in [3.8, 4) is 5.75 Å². The summed E-state index contributed by atoms with van der Waals surface area (Å²) in [6, 6.07) is 15.3. The average molecular weight is 498 g/mol. The lowest BCUT2D eigenvalue weighted by atomic mass is 9.91. The summed E-state index contributed by atoms with van der Waals surface area (Å²) < 4.78 is 6.87. The van der Waals surface area contributed by atoms with Crippen LogP contribution in [0.15, 0.2) is 46.9 Å². The van der Waals surface area contributed by atoms with Gasteiger partial charge in [0.15, 0.2) is 0 Å². The highest BCUT2D eigenvalue weighted by atomic mass is 79.9. The summed E-state index contributed by atoms with van der Waals surface area (Å²) in [6.07, 6.45) is 4.46.